The van der Waals surface area contributed by atoms with Gasteiger partial charge in [0.2, 0.25) is 0 Å². The molecule has 2 rings (SSSR count). The van der Waals surface area contributed by atoms with Gasteiger partial charge in [-0.25, -0.2) is 10.2 Å². The van der Waals surface area contributed by atoms with E-state index in [0.29, 0.717) is 16.8 Å². The molecule has 5 nitrogen and oxygen atoms in total. The maximum Gasteiger partial charge on any atom is 0.428 e. The Morgan fingerprint density at radius 1 is 1.04 bits per heavy atom. The number of hydrazone groups is 1. The van der Waals surface area contributed by atoms with E-state index in [2.05, 4.69) is 10.5 Å². The average Bonchev–Trinajstić information content (AvgIpc) is 2.55. The summed E-state index contributed by atoms with van der Waals surface area (Å²) in [4.78, 5) is 11.8. The first kappa shape index (κ1) is 17.7. The number of ether oxygens (including phenoxy) is 1. The second-order valence-electron chi connectivity index (χ2n) is 6.29. The molecule has 0 aromatic heterocycles. The zero-order chi connectivity index (χ0) is 17.6. The van der Waals surface area contributed by atoms with Gasteiger partial charge in [0.25, 0.3) is 0 Å². The third-order valence-corrected chi connectivity index (χ3v) is 3.11. The van der Waals surface area contributed by atoms with Crippen molar-refractivity contribution in [3.05, 3.63) is 71.8 Å². The zero-order valence-corrected chi connectivity index (χ0v) is 14.1. The van der Waals surface area contributed by atoms with Crippen molar-refractivity contribution in [2.24, 2.45) is 5.10 Å². The second-order valence-corrected chi connectivity index (χ2v) is 6.29. The van der Waals surface area contributed by atoms with Crippen molar-refractivity contribution in [1.29, 1.82) is 0 Å². The molecular formula is C19H22N2O3. The van der Waals surface area contributed by atoms with E-state index < -0.39 is 17.8 Å². The minimum atomic E-state index is -0.969. The van der Waals surface area contributed by atoms with Crippen molar-refractivity contribution >= 4 is 11.8 Å². The molecule has 2 aromatic rings. The monoisotopic (exact) mass is 326 g/mol. The number of nitrogens with zero attached hydrogens (tertiary/aromatic N) is 1. The lowest BCUT2D eigenvalue weighted by atomic mass is 9.99. The molecule has 24 heavy (non-hydrogen) atoms. The van der Waals surface area contributed by atoms with Crippen molar-refractivity contribution in [2.45, 2.75) is 32.5 Å². The summed E-state index contributed by atoms with van der Waals surface area (Å²) < 4.78 is 5.17. The highest BCUT2D eigenvalue weighted by molar-refractivity contribution is 6.04. The van der Waals surface area contributed by atoms with Crippen LogP contribution < -0.4 is 5.43 Å². The van der Waals surface area contributed by atoms with Gasteiger partial charge in [-0.1, -0.05) is 60.7 Å². The van der Waals surface area contributed by atoms with Gasteiger partial charge in [0.15, 0.2) is 0 Å². The summed E-state index contributed by atoms with van der Waals surface area (Å²) in [7, 11) is 0. The summed E-state index contributed by atoms with van der Waals surface area (Å²) in [5.41, 5.74) is 3.47. The molecule has 0 saturated heterocycles. The molecule has 0 spiro atoms. The lowest BCUT2D eigenvalue weighted by molar-refractivity contribution is 0.0528. The molecule has 0 heterocycles. The molecule has 0 saturated carbocycles. The Morgan fingerprint density at radius 2 is 1.58 bits per heavy atom. The van der Waals surface area contributed by atoms with E-state index in [9.17, 15) is 9.90 Å². The number of carbonyl (C=O) groups is 1. The van der Waals surface area contributed by atoms with E-state index in [-0.39, 0.29) is 0 Å². The second kappa shape index (κ2) is 7.75. The molecular weight excluding hydrogens is 304 g/mol. The Balaban J connectivity index is 2.27. The van der Waals surface area contributed by atoms with E-state index in [1.165, 1.54) is 0 Å². The summed E-state index contributed by atoms with van der Waals surface area (Å²) in [5, 5.41) is 14.8. The summed E-state index contributed by atoms with van der Waals surface area (Å²) in [6.45, 7) is 5.31. The summed E-state index contributed by atoms with van der Waals surface area (Å²) in [6.07, 6.45) is -1.64. The minimum absolute atomic E-state index is 0.340. The van der Waals surface area contributed by atoms with Gasteiger partial charge in [-0.15, -0.1) is 0 Å². The molecule has 2 N–H and O–H groups in total. The van der Waals surface area contributed by atoms with Gasteiger partial charge in [-0.05, 0) is 26.3 Å². The number of benzene rings is 2. The number of carbonyl (C=O) groups excluding carboxylic acids is 1. The maximum absolute atomic E-state index is 11.8. The predicted octanol–water partition coefficient (Wildman–Crippen LogP) is 3.65. The van der Waals surface area contributed by atoms with Crippen LogP contribution in [0.2, 0.25) is 0 Å². The smallest absolute Gasteiger partial charge is 0.428 e. The van der Waals surface area contributed by atoms with E-state index in [1.807, 2.05) is 48.5 Å². The van der Waals surface area contributed by atoms with Gasteiger partial charge in [0.05, 0.1) is 0 Å². The molecule has 0 aliphatic heterocycles. The van der Waals surface area contributed by atoms with Gasteiger partial charge < -0.3 is 9.84 Å². The number of amides is 1. The molecule has 1 amide bonds. The highest BCUT2D eigenvalue weighted by Crippen LogP contribution is 2.19. The van der Waals surface area contributed by atoms with Crippen LogP contribution in [0.5, 0.6) is 0 Å². The lowest BCUT2D eigenvalue weighted by Crippen LogP contribution is -2.31. The van der Waals surface area contributed by atoms with E-state index in [1.54, 1.807) is 32.9 Å². The minimum Gasteiger partial charge on any atom is -0.443 e. The van der Waals surface area contributed by atoms with Crippen LogP contribution in [0.1, 0.15) is 38.0 Å². The largest absolute Gasteiger partial charge is 0.443 e. The van der Waals surface area contributed by atoms with Crippen LogP contribution in [-0.2, 0) is 4.74 Å². The molecule has 1 atom stereocenters. The van der Waals surface area contributed by atoms with E-state index in [4.69, 9.17) is 4.74 Å². The molecule has 0 bridgehead atoms. The van der Waals surface area contributed by atoms with Crippen molar-refractivity contribution < 1.29 is 14.6 Å². The maximum atomic E-state index is 11.8. The van der Waals surface area contributed by atoms with Gasteiger partial charge in [-0.2, -0.15) is 5.10 Å². The van der Waals surface area contributed by atoms with Crippen molar-refractivity contribution in [1.82, 2.24) is 5.43 Å². The number of hydrogen-bond donors (Lipinski definition) is 2. The first-order valence-electron chi connectivity index (χ1n) is 7.72. The van der Waals surface area contributed by atoms with Crippen molar-refractivity contribution in [3.63, 3.8) is 0 Å². The van der Waals surface area contributed by atoms with Gasteiger partial charge in [0, 0.05) is 5.56 Å². The topological polar surface area (TPSA) is 70.9 Å². The molecule has 0 radical (unpaired) electrons. The molecule has 2 aromatic carbocycles. The Morgan fingerprint density at radius 3 is 2.12 bits per heavy atom. The van der Waals surface area contributed by atoms with Crippen LogP contribution in [0.15, 0.2) is 65.8 Å². The summed E-state index contributed by atoms with van der Waals surface area (Å²) in [6, 6.07) is 18.3. The number of aliphatic hydroxyl groups excluding tert-OH is 1. The Bertz CT molecular complexity index is 692. The van der Waals surface area contributed by atoms with Gasteiger partial charge >= 0.3 is 6.09 Å². The fourth-order valence-corrected chi connectivity index (χ4v) is 2.09. The highest BCUT2D eigenvalue weighted by Gasteiger charge is 2.19. The molecule has 0 aliphatic rings. The van der Waals surface area contributed by atoms with E-state index >= 15 is 0 Å². The molecule has 0 fully saturated rings. The van der Waals surface area contributed by atoms with Crippen molar-refractivity contribution in [2.75, 3.05) is 0 Å². The molecule has 126 valence electrons. The van der Waals surface area contributed by atoms with Crippen LogP contribution in [0.25, 0.3) is 0 Å². The highest BCUT2D eigenvalue weighted by atomic mass is 16.6. The SMILES string of the molecule is CC(C)(C)OC(=O)NN=C(c1ccccc1)[C@@H](O)c1ccccc1. The van der Waals surface area contributed by atoms with Crippen molar-refractivity contribution in [3.8, 4) is 0 Å². The number of rotatable bonds is 4. The van der Waals surface area contributed by atoms with Crippen LogP contribution in [0.3, 0.4) is 0 Å². The Hall–Kier alpha value is -2.66. The molecule has 0 unspecified atom stereocenters. The fourth-order valence-electron chi connectivity index (χ4n) is 2.09. The zero-order valence-electron chi connectivity index (χ0n) is 14.1. The summed E-state index contributed by atoms with van der Waals surface area (Å²) in [5.74, 6) is 0. The number of nitrogens with one attached hydrogen (secondary N) is 1. The fraction of sp³-hybridized carbons (Fsp3) is 0.263. The first-order valence-corrected chi connectivity index (χ1v) is 7.72. The van der Waals surface area contributed by atoms with Crippen LogP contribution in [-0.4, -0.2) is 22.5 Å². The molecule has 5 heteroatoms. The van der Waals surface area contributed by atoms with E-state index in [0.717, 1.165) is 0 Å². The van der Waals surface area contributed by atoms with Crippen LogP contribution in [0.4, 0.5) is 4.79 Å². The predicted molar refractivity (Wildman–Crippen MR) is 93.8 cm³/mol. The normalized spacial score (nSPS) is 13.2. The Kier molecular flexibility index (Phi) is 5.71. The quantitative estimate of drug-likeness (QED) is 0.665. The lowest BCUT2D eigenvalue weighted by Gasteiger charge is -2.19. The third kappa shape index (κ3) is 5.21. The first-order chi connectivity index (χ1) is 11.4. The van der Waals surface area contributed by atoms with Gasteiger partial charge in [0.1, 0.15) is 17.4 Å². The third-order valence-electron chi connectivity index (χ3n) is 3.11. The summed E-state index contributed by atoms with van der Waals surface area (Å²) >= 11 is 0. The van der Waals surface area contributed by atoms with Gasteiger partial charge in [-0.3, -0.25) is 0 Å². The standard InChI is InChI=1S/C19H22N2O3/c1-19(2,3)24-18(23)21-20-16(14-10-6-4-7-11-14)17(22)15-12-8-5-9-13-15/h4-13,17,22H,1-3H3,(H,21,23)/t17-/m0/s1. The van der Waals surface area contributed by atoms with Crippen LogP contribution >= 0.6 is 0 Å². The number of hydrogen-bond acceptors (Lipinski definition) is 4. The molecule has 0 aliphatic carbocycles. The Labute approximate surface area is 142 Å². The average molecular weight is 326 g/mol. The van der Waals surface area contributed by atoms with Crippen LogP contribution in [0, 0.1) is 0 Å². The number of aliphatic hydroxyl groups is 1.